The lowest BCUT2D eigenvalue weighted by Gasteiger charge is -2.38. The van der Waals surface area contributed by atoms with E-state index >= 15 is 0 Å². The first-order valence-corrected chi connectivity index (χ1v) is 14.2. The van der Waals surface area contributed by atoms with Crippen molar-refractivity contribution >= 4 is 23.2 Å². The molecule has 2 aliphatic rings. The van der Waals surface area contributed by atoms with Gasteiger partial charge in [0.05, 0.1) is 6.04 Å². The van der Waals surface area contributed by atoms with E-state index < -0.39 is 0 Å². The molecule has 1 N–H and O–H groups in total. The van der Waals surface area contributed by atoms with Crippen LogP contribution in [0, 0.1) is 12.8 Å². The van der Waals surface area contributed by atoms with Crippen molar-refractivity contribution in [2.24, 2.45) is 5.92 Å². The fourth-order valence-electron chi connectivity index (χ4n) is 5.08. The van der Waals surface area contributed by atoms with Crippen LogP contribution in [-0.4, -0.2) is 33.2 Å². The molecule has 8 heteroatoms. The van der Waals surface area contributed by atoms with Crippen LogP contribution < -0.4 is 10.1 Å². The molecule has 2 aromatic heterocycles. The van der Waals surface area contributed by atoms with Gasteiger partial charge in [0.2, 0.25) is 5.91 Å². The standard InChI is InChI=1S/C31H30N4O3S/c1-20-3-2-4-24(15-20)29-26-16-25(8-7-22(26)11-14-35(29)31(37)23-5-6-23)38-18-28-34-27(19-39-28)30(36)33-17-21-9-12-32-13-10-21/h2-4,7-10,12-13,15-16,19,23,29H,5-6,11,14,17-18H2,1H3,(H,33,36). The van der Waals surface area contributed by atoms with Gasteiger partial charge in [0.15, 0.2) is 0 Å². The summed E-state index contributed by atoms with van der Waals surface area (Å²) in [5.41, 5.74) is 6.03. The van der Waals surface area contributed by atoms with Crippen molar-refractivity contribution in [3.05, 3.63) is 111 Å². The lowest BCUT2D eigenvalue weighted by molar-refractivity contribution is -0.134. The lowest BCUT2D eigenvalue weighted by Crippen LogP contribution is -2.41. The van der Waals surface area contributed by atoms with Gasteiger partial charge < -0.3 is 15.0 Å². The number of rotatable bonds is 8. The summed E-state index contributed by atoms with van der Waals surface area (Å²) < 4.78 is 6.15. The van der Waals surface area contributed by atoms with Gasteiger partial charge in [0, 0.05) is 36.8 Å². The van der Waals surface area contributed by atoms with Crippen molar-refractivity contribution in [2.45, 2.75) is 45.4 Å². The van der Waals surface area contributed by atoms with Gasteiger partial charge in [-0.3, -0.25) is 14.6 Å². The van der Waals surface area contributed by atoms with Crippen LogP contribution in [0.25, 0.3) is 0 Å². The number of fused-ring (bicyclic) bond motifs is 1. The molecule has 198 valence electrons. The monoisotopic (exact) mass is 538 g/mol. The van der Waals surface area contributed by atoms with Crippen molar-refractivity contribution in [2.75, 3.05) is 6.54 Å². The molecule has 1 saturated carbocycles. The van der Waals surface area contributed by atoms with Gasteiger partial charge in [-0.25, -0.2) is 4.98 Å². The molecule has 1 aliphatic heterocycles. The van der Waals surface area contributed by atoms with Gasteiger partial charge in [-0.05, 0) is 72.7 Å². The third kappa shape index (κ3) is 5.71. The number of pyridine rings is 1. The number of aromatic nitrogens is 2. The Morgan fingerprint density at radius 1 is 1.10 bits per heavy atom. The third-order valence-electron chi connectivity index (χ3n) is 7.26. The number of thiazole rings is 1. The molecule has 1 fully saturated rings. The maximum Gasteiger partial charge on any atom is 0.271 e. The van der Waals surface area contributed by atoms with E-state index in [4.69, 9.17) is 4.74 Å². The van der Waals surface area contributed by atoms with Gasteiger partial charge in [-0.1, -0.05) is 35.9 Å². The number of ether oxygens (including phenoxy) is 1. The minimum Gasteiger partial charge on any atom is -0.486 e. The average molecular weight is 539 g/mol. The lowest BCUT2D eigenvalue weighted by atomic mass is 9.87. The third-order valence-corrected chi connectivity index (χ3v) is 8.08. The van der Waals surface area contributed by atoms with Crippen LogP contribution in [0.5, 0.6) is 5.75 Å². The Morgan fingerprint density at radius 3 is 2.74 bits per heavy atom. The van der Waals surface area contributed by atoms with Gasteiger partial charge in [-0.15, -0.1) is 11.3 Å². The van der Waals surface area contributed by atoms with Crippen LogP contribution in [0.3, 0.4) is 0 Å². The Labute approximate surface area is 231 Å². The molecule has 4 aromatic rings. The molecule has 0 spiro atoms. The SMILES string of the molecule is Cc1cccc(C2c3cc(OCc4nc(C(=O)NCc5ccncc5)cs4)ccc3CCN2C(=O)C2CC2)c1. The predicted molar refractivity (Wildman–Crippen MR) is 149 cm³/mol. The Kier molecular flexibility index (Phi) is 7.11. The molecule has 39 heavy (non-hydrogen) atoms. The second-order valence-corrected chi connectivity index (χ2v) is 11.1. The van der Waals surface area contributed by atoms with E-state index in [9.17, 15) is 9.59 Å². The van der Waals surface area contributed by atoms with Crippen molar-refractivity contribution in [3.8, 4) is 5.75 Å². The van der Waals surface area contributed by atoms with Crippen LogP contribution in [0.15, 0.2) is 72.4 Å². The highest BCUT2D eigenvalue weighted by Gasteiger charge is 2.39. The summed E-state index contributed by atoms with van der Waals surface area (Å²) in [4.78, 5) is 36.3. The smallest absolute Gasteiger partial charge is 0.271 e. The zero-order valence-electron chi connectivity index (χ0n) is 21.8. The molecule has 1 aliphatic carbocycles. The van der Waals surface area contributed by atoms with Gasteiger partial charge in [0.1, 0.15) is 23.1 Å². The zero-order valence-corrected chi connectivity index (χ0v) is 22.6. The highest BCUT2D eigenvalue weighted by Crippen LogP contribution is 2.41. The molecular formula is C31H30N4O3S. The quantitative estimate of drug-likeness (QED) is 0.332. The molecule has 0 saturated heterocycles. The topological polar surface area (TPSA) is 84.4 Å². The molecule has 1 atom stereocenters. The van der Waals surface area contributed by atoms with E-state index in [1.165, 1.54) is 22.5 Å². The van der Waals surface area contributed by atoms with Crippen LogP contribution in [0.2, 0.25) is 0 Å². The van der Waals surface area contributed by atoms with E-state index in [1.807, 2.05) is 18.2 Å². The number of aryl methyl sites for hydroxylation is 1. The van der Waals surface area contributed by atoms with Crippen LogP contribution in [0.4, 0.5) is 0 Å². The summed E-state index contributed by atoms with van der Waals surface area (Å²) in [6.45, 7) is 3.50. The molecule has 7 nitrogen and oxygen atoms in total. The van der Waals surface area contributed by atoms with E-state index in [1.54, 1.807) is 17.8 Å². The molecule has 2 amide bonds. The number of amides is 2. The zero-order chi connectivity index (χ0) is 26.8. The highest BCUT2D eigenvalue weighted by molar-refractivity contribution is 7.09. The molecule has 1 unspecified atom stereocenters. The number of nitrogens with one attached hydrogen (secondary N) is 1. The normalized spacial score (nSPS) is 16.4. The Hall–Kier alpha value is -4.04. The molecule has 6 rings (SSSR count). The number of hydrogen-bond donors (Lipinski definition) is 1. The molecule has 3 heterocycles. The molecular weight excluding hydrogens is 508 g/mol. The first-order chi connectivity index (χ1) is 19.0. The van der Waals surface area contributed by atoms with Gasteiger partial charge >= 0.3 is 0 Å². The maximum absolute atomic E-state index is 13.3. The molecule has 0 bridgehead atoms. The number of carbonyl (C=O) groups excluding carboxylic acids is 2. The highest BCUT2D eigenvalue weighted by atomic mass is 32.1. The minimum atomic E-state index is -0.218. The molecule has 2 aromatic carbocycles. The molecule has 0 radical (unpaired) electrons. The van der Waals surface area contributed by atoms with Crippen molar-refractivity contribution in [1.29, 1.82) is 0 Å². The van der Waals surface area contributed by atoms with E-state index in [-0.39, 0.29) is 30.4 Å². The summed E-state index contributed by atoms with van der Waals surface area (Å²) in [6.07, 6.45) is 6.21. The fraction of sp³-hybridized carbons (Fsp3) is 0.290. The summed E-state index contributed by atoms with van der Waals surface area (Å²) in [7, 11) is 0. The largest absolute Gasteiger partial charge is 0.486 e. The second-order valence-electron chi connectivity index (χ2n) is 10.2. The van der Waals surface area contributed by atoms with E-state index in [0.29, 0.717) is 12.2 Å². The van der Waals surface area contributed by atoms with Crippen molar-refractivity contribution < 1.29 is 14.3 Å². The average Bonchev–Trinajstić information content (AvgIpc) is 3.71. The van der Waals surface area contributed by atoms with Gasteiger partial charge in [0.25, 0.3) is 5.91 Å². The first kappa shape index (κ1) is 25.2. The number of hydrogen-bond acceptors (Lipinski definition) is 6. The number of benzene rings is 2. The Bertz CT molecular complexity index is 1500. The first-order valence-electron chi connectivity index (χ1n) is 13.3. The summed E-state index contributed by atoms with van der Waals surface area (Å²) >= 11 is 1.40. The van der Waals surface area contributed by atoms with Crippen LogP contribution in [-0.2, 0) is 24.4 Å². The van der Waals surface area contributed by atoms with E-state index in [0.717, 1.165) is 53.3 Å². The summed E-state index contributed by atoms with van der Waals surface area (Å²) in [6, 6.07) is 18.2. The number of nitrogens with zero attached hydrogens (tertiary/aromatic N) is 3. The predicted octanol–water partition coefficient (Wildman–Crippen LogP) is 5.24. The van der Waals surface area contributed by atoms with Gasteiger partial charge in [-0.2, -0.15) is 0 Å². The van der Waals surface area contributed by atoms with Crippen molar-refractivity contribution in [1.82, 2.24) is 20.2 Å². The Balaban J connectivity index is 1.17. The van der Waals surface area contributed by atoms with E-state index in [2.05, 4.69) is 63.5 Å². The maximum atomic E-state index is 13.3. The summed E-state index contributed by atoms with van der Waals surface area (Å²) in [5, 5.41) is 5.37. The van der Waals surface area contributed by atoms with Crippen molar-refractivity contribution in [3.63, 3.8) is 0 Å². The summed E-state index contributed by atoms with van der Waals surface area (Å²) in [5.74, 6) is 0.936. The minimum absolute atomic E-state index is 0.124. The fourth-order valence-corrected chi connectivity index (χ4v) is 5.77. The number of carbonyl (C=O) groups is 2. The van der Waals surface area contributed by atoms with Crippen LogP contribution >= 0.6 is 11.3 Å². The second kappa shape index (κ2) is 11.0. The Morgan fingerprint density at radius 2 is 1.95 bits per heavy atom. The van der Waals surface area contributed by atoms with Crippen LogP contribution in [0.1, 0.15) is 62.2 Å².